The van der Waals surface area contributed by atoms with Crippen LogP contribution in [0.2, 0.25) is 5.02 Å². The van der Waals surface area contributed by atoms with Gasteiger partial charge in [-0.3, -0.25) is 4.79 Å². The van der Waals surface area contributed by atoms with Crippen molar-refractivity contribution >= 4 is 23.2 Å². The Morgan fingerprint density at radius 2 is 2.06 bits per heavy atom. The predicted molar refractivity (Wildman–Crippen MR) is 64.4 cm³/mol. The molecule has 1 aromatic rings. The number of carbonyl (C=O) groups excluding carboxylic acids is 1. The van der Waals surface area contributed by atoms with Gasteiger partial charge in [0.1, 0.15) is 5.75 Å². The summed E-state index contributed by atoms with van der Waals surface area (Å²) in [5.41, 5.74) is 2.63. The van der Waals surface area contributed by atoms with Crippen LogP contribution in [0.4, 0.5) is 5.69 Å². The average molecular weight is 240 g/mol. The molecule has 86 valence electrons. The molecule has 0 bridgehead atoms. The Morgan fingerprint density at radius 1 is 1.44 bits per heavy atom. The zero-order chi connectivity index (χ0) is 12.0. The highest BCUT2D eigenvalue weighted by atomic mass is 35.5. The van der Waals surface area contributed by atoms with Gasteiger partial charge in [-0.25, -0.2) is 0 Å². The first kappa shape index (κ1) is 11.3. The fourth-order valence-corrected chi connectivity index (χ4v) is 2.19. The molecule has 1 amide bonds. The van der Waals surface area contributed by atoms with Gasteiger partial charge < -0.3 is 9.64 Å². The molecule has 0 saturated carbocycles. The number of rotatable bonds is 0. The summed E-state index contributed by atoms with van der Waals surface area (Å²) in [4.78, 5) is 13.4. The number of aryl methyl sites for hydroxylation is 1. The van der Waals surface area contributed by atoms with Gasteiger partial charge in [0.15, 0.2) is 6.10 Å². The van der Waals surface area contributed by atoms with Crippen molar-refractivity contribution in [2.45, 2.75) is 26.9 Å². The van der Waals surface area contributed by atoms with Gasteiger partial charge in [0, 0.05) is 12.1 Å². The van der Waals surface area contributed by atoms with Crippen molar-refractivity contribution in [2.75, 3.05) is 11.9 Å². The second-order valence-electron chi connectivity index (χ2n) is 4.14. The van der Waals surface area contributed by atoms with E-state index in [0.717, 1.165) is 22.6 Å². The number of anilines is 1. The molecular weight excluding hydrogens is 226 g/mol. The summed E-state index contributed by atoms with van der Waals surface area (Å²) in [7, 11) is 1.75. The quantitative estimate of drug-likeness (QED) is 0.697. The van der Waals surface area contributed by atoms with Gasteiger partial charge in [-0.05, 0) is 38.0 Å². The van der Waals surface area contributed by atoms with E-state index in [1.807, 2.05) is 19.9 Å². The van der Waals surface area contributed by atoms with Crippen molar-refractivity contribution in [3.05, 3.63) is 22.2 Å². The van der Waals surface area contributed by atoms with Crippen LogP contribution in [0, 0.1) is 13.8 Å². The summed E-state index contributed by atoms with van der Waals surface area (Å²) in [6, 6.07) is 1.88. The maximum Gasteiger partial charge on any atom is 0.267 e. The minimum atomic E-state index is -0.433. The third-order valence-electron chi connectivity index (χ3n) is 2.93. The number of carbonyl (C=O) groups is 1. The molecule has 1 heterocycles. The molecular formula is C12H14ClNO2. The van der Waals surface area contributed by atoms with Gasteiger partial charge in [0.25, 0.3) is 5.91 Å². The fourth-order valence-electron chi connectivity index (χ4n) is 2.04. The second kappa shape index (κ2) is 3.67. The number of halogens is 1. The molecule has 0 saturated heterocycles. The minimum absolute atomic E-state index is 0.0458. The van der Waals surface area contributed by atoms with Crippen molar-refractivity contribution < 1.29 is 9.53 Å². The lowest BCUT2D eigenvalue weighted by Crippen LogP contribution is -2.42. The molecule has 0 N–H and O–H groups in total. The maximum atomic E-state index is 11.8. The van der Waals surface area contributed by atoms with Crippen LogP contribution < -0.4 is 9.64 Å². The van der Waals surface area contributed by atoms with Gasteiger partial charge in [0.05, 0.1) is 5.69 Å². The van der Waals surface area contributed by atoms with E-state index >= 15 is 0 Å². The van der Waals surface area contributed by atoms with Gasteiger partial charge in [-0.15, -0.1) is 0 Å². The highest BCUT2D eigenvalue weighted by molar-refractivity contribution is 6.32. The highest BCUT2D eigenvalue weighted by Crippen LogP contribution is 2.41. The van der Waals surface area contributed by atoms with Crippen LogP contribution in [0.15, 0.2) is 6.07 Å². The number of nitrogens with zero attached hydrogens (tertiary/aromatic N) is 1. The minimum Gasteiger partial charge on any atom is -0.479 e. The lowest BCUT2D eigenvalue weighted by Gasteiger charge is -2.32. The molecule has 1 aliphatic heterocycles. The number of hydrogen-bond donors (Lipinski definition) is 0. The smallest absolute Gasteiger partial charge is 0.267 e. The lowest BCUT2D eigenvalue weighted by atomic mass is 10.1. The summed E-state index contributed by atoms with van der Waals surface area (Å²) in [6.45, 7) is 5.58. The van der Waals surface area contributed by atoms with E-state index in [4.69, 9.17) is 16.3 Å². The third-order valence-corrected chi connectivity index (χ3v) is 3.51. The number of fused-ring (bicyclic) bond motifs is 1. The summed E-state index contributed by atoms with van der Waals surface area (Å²) in [5, 5.41) is 0.691. The van der Waals surface area contributed by atoms with Crippen LogP contribution >= 0.6 is 11.6 Å². The van der Waals surface area contributed by atoms with Crippen LogP contribution in [0.25, 0.3) is 0 Å². The van der Waals surface area contributed by atoms with E-state index < -0.39 is 6.10 Å². The van der Waals surface area contributed by atoms with Crippen molar-refractivity contribution in [1.29, 1.82) is 0 Å². The Labute approximate surface area is 100.0 Å². The third kappa shape index (κ3) is 1.47. The van der Waals surface area contributed by atoms with Gasteiger partial charge >= 0.3 is 0 Å². The molecule has 0 fully saturated rings. The number of hydrogen-bond acceptors (Lipinski definition) is 2. The number of benzene rings is 1. The molecule has 16 heavy (non-hydrogen) atoms. The molecule has 0 aliphatic carbocycles. The first-order chi connectivity index (χ1) is 7.43. The predicted octanol–water partition coefficient (Wildman–Crippen LogP) is 2.70. The summed E-state index contributed by atoms with van der Waals surface area (Å²) in [5.74, 6) is 0.685. The Balaban J connectivity index is 2.67. The largest absolute Gasteiger partial charge is 0.479 e. The van der Waals surface area contributed by atoms with Crippen molar-refractivity contribution in [1.82, 2.24) is 0 Å². The zero-order valence-corrected chi connectivity index (χ0v) is 10.6. The maximum absolute atomic E-state index is 11.8. The number of likely N-dealkylation sites (N-methyl/N-ethyl adjacent to an activating group) is 1. The standard InChI is InChI=1S/C12H14ClNO2/c1-6-5-9-11(7(2)10(6)13)14(4)12(15)8(3)16-9/h5,8H,1-4H3. The molecule has 0 radical (unpaired) electrons. The van der Waals surface area contributed by atoms with Gasteiger partial charge in [0.2, 0.25) is 0 Å². The second-order valence-corrected chi connectivity index (χ2v) is 4.51. The van der Waals surface area contributed by atoms with Crippen molar-refractivity contribution in [2.24, 2.45) is 0 Å². The Bertz CT molecular complexity index is 471. The fraction of sp³-hybridized carbons (Fsp3) is 0.417. The Hall–Kier alpha value is -1.22. The Kier molecular flexibility index (Phi) is 2.58. The zero-order valence-electron chi connectivity index (χ0n) is 9.80. The molecule has 1 aliphatic rings. The molecule has 1 aromatic carbocycles. The van der Waals surface area contributed by atoms with Crippen LogP contribution in [0.5, 0.6) is 5.75 Å². The monoisotopic (exact) mass is 239 g/mol. The molecule has 1 unspecified atom stereocenters. The normalized spacial score (nSPS) is 19.4. The van der Waals surface area contributed by atoms with Gasteiger partial charge in [-0.1, -0.05) is 11.6 Å². The molecule has 1 atom stereocenters. The topological polar surface area (TPSA) is 29.5 Å². The molecule has 4 heteroatoms. The van der Waals surface area contributed by atoms with E-state index in [2.05, 4.69) is 0 Å². The van der Waals surface area contributed by atoms with Crippen molar-refractivity contribution in [3.8, 4) is 5.75 Å². The first-order valence-electron chi connectivity index (χ1n) is 5.17. The number of ether oxygens (including phenoxy) is 1. The Morgan fingerprint density at radius 3 is 2.69 bits per heavy atom. The van der Waals surface area contributed by atoms with E-state index in [1.54, 1.807) is 18.9 Å². The summed E-state index contributed by atoms with van der Waals surface area (Å²) < 4.78 is 5.58. The highest BCUT2D eigenvalue weighted by Gasteiger charge is 2.31. The first-order valence-corrected chi connectivity index (χ1v) is 5.55. The van der Waals surface area contributed by atoms with E-state index in [1.165, 1.54) is 0 Å². The van der Waals surface area contributed by atoms with E-state index in [9.17, 15) is 4.79 Å². The van der Waals surface area contributed by atoms with E-state index in [0.29, 0.717) is 5.02 Å². The van der Waals surface area contributed by atoms with Crippen LogP contribution in [0.1, 0.15) is 18.1 Å². The molecule has 3 nitrogen and oxygen atoms in total. The van der Waals surface area contributed by atoms with Crippen LogP contribution in [-0.4, -0.2) is 19.1 Å². The average Bonchev–Trinajstić information content (AvgIpc) is 2.23. The summed E-state index contributed by atoms with van der Waals surface area (Å²) in [6.07, 6.45) is -0.433. The van der Waals surface area contributed by atoms with Crippen LogP contribution in [0.3, 0.4) is 0 Å². The van der Waals surface area contributed by atoms with E-state index in [-0.39, 0.29) is 5.91 Å². The SMILES string of the molecule is Cc1cc2c(c(C)c1Cl)N(C)C(=O)C(C)O2. The summed E-state index contributed by atoms with van der Waals surface area (Å²) >= 11 is 6.17. The molecule has 0 aromatic heterocycles. The lowest BCUT2D eigenvalue weighted by molar-refractivity contribution is -0.125. The van der Waals surface area contributed by atoms with Crippen LogP contribution in [-0.2, 0) is 4.79 Å². The van der Waals surface area contributed by atoms with Gasteiger partial charge in [-0.2, -0.15) is 0 Å². The van der Waals surface area contributed by atoms with Crippen molar-refractivity contribution in [3.63, 3.8) is 0 Å². The molecule has 2 rings (SSSR count). The number of amides is 1. The molecule has 0 spiro atoms.